The van der Waals surface area contributed by atoms with E-state index >= 15 is 0 Å². The van der Waals surface area contributed by atoms with E-state index in [1.54, 1.807) is 30.4 Å². The number of thiazole rings is 1. The van der Waals surface area contributed by atoms with Gasteiger partial charge in [0.15, 0.2) is 0 Å². The molecule has 4 rings (SSSR count). The summed E-state index contributed by atoms with van der Waals surface area (Å²) in [5, 5.41) is 3.72. The molecular weight excluding hydrogens is 538 g/mol. The van der Waals surface area contributed by atoms with Gasteiger partial charge >= 0.3 is 5.97 Å². The highest BCUT2D eigenvalue weighted by Gasteiger charge is 2.45. The number of hydrogen-bond acceptors (Lipinski definition) is 8. The van der Waals surface area contributed by atoms with Crippen LogP contribution < -0.4 is 9.47 Å². The Kier molecular flexibility index (Phi) is 10.0. The van der Waals surface area contributed by atoms with Crippen molar-refractivity contribution in [2.45, 2.75) is 64.9 Å². The van der Waals surface area contributed by atoms with Crippen molar-refractivity contribution < 1.29 is 23.8 Å². The number of esters is 1. The molecule has 1 unspecified atom stereocenters. The van der Waals surface area contributed by atoms with E-state index in [9.17, 15) is 9.59 Å². The number of nitrogens with zero attached hydrogens (tertiary/aromatic N) is 3. The zero-order chi connectivity index (χ0) is 29.7. The lowest BCUT2D eigenvalue weighted by molar-refractivity contribution is -0.151. The van der Waals surface area contributed by atoms with E-state index in [4.69, 9.17) is 24.2 Å². The third-order valence-corrected chi connectivity index (χ3v) is 8.74. The maximum atomic E-state index is 13.5. The molecule has 1 fully saturated rings. The van der Waals surface area contributed by atoms with Crippen LogP contribution in [-0.4, -0.2) is 60.7 Å². The van der Waals surface area contributed by atoms with Crippen LogP contribution in [0, 0.1) is 18.8 Å². The first-order valence-electron chi connectivity index (χ1n) is 14.2. The van der Waals surface area contributed by atoms with Crippen molar-refractivity contribution >= 4 is 34.1 Å². The van der Waals surface area contributed by atoms with Crippen LogP contribution in [-0.2, 0) is 14.3 Å². The van der Waals surface area contributed by atoms with E-state index in [0.29, 0.717) is 31.1 Å². The van der Waals surface area contributed by atoms with Crippen LogP contribution in [0.3, 0.4) is 0 Å². The molecular formula is C32H41N3O5S. The summed E-state index contributed by atoms with van der Waals surface area (Å²) in [5.41, 5.74) is 3.41. The molecule has 0 spiro atoms. The minimum Gasteiger partial charge on any atom is -0.496 e. The SMILES string of the molecule is C=CCCCCN(C)C(=O)C1C[C@H](Oc2cc(-c3nc(C(C)C)cs3)nc3c(C)c(OC)ccc23)C[C@H]1C(=O)OC. The van der Waals surface area contributed by atoms with E-state index in [2.05, 4.69) is 25.8 Å². The number of unbranched alkanes of at least 4 members (excludes halogenated alkanes) is 2. The van der Waals surface area contributed by atoms with Gasteiger partial charge < -0.3 is 19.1 Å². The average molecular weight is 580 g/mol. The molecule has 3 atom stereocenters. The van der Waals surface area contributed by atoms with Crippen molar-refractivity contribution in [3.8, 4) is 22.2 Å². The minimum atomic E-state index is -0.560. The molecule has 1 aromatic carbocycles. The number of carbonyl (C=O) groups excluding carboxylic acids is 2. The van der Waals surface area contributed by atoms with Crippen molar-refractivity contribution in [2.24, 2.45) is 11.8 Å². The van der Waals surface area contributed by atoms with Crippen molar-refractivity contribution in [1.29, 1.82) is 0 Å². The Morgan fingerprint density at radius 1 is 1.15 bits per heavy atom. The zero-order valence-electron chi connectivity index (χ0n) is 24.9. The Morgan fingerprint density at radius 3 is 2.56 bits per heavy atom. The molecule has 0 radical (unpaired) electrons. The molecule has 3 aromatic rings. The Balaban J connectivity index is 1.66. The highest BCUT2D eigenvalue weighted by atomic mass is 32.1. The van der Waals surface area contributed by atoms with E-state index in [1.165, 1.54) is 7.11 Å². The van der Waals surface area contributed by atoms with Gasteiger partial charge in [-0.1, -0.05) is 19.9 Å². The molecule has 1 amide bonds. The lowest BCUT2D eigenvalue weighted by Gasteiger charge is -2.24. The highest BCUT2D eigenvalue weighted by molar-refractivity contribution is 7.13. The first kappa shape index (κ1) is 30.5. The van der Waals surface area contributed by atoms with E-state index in [1.807, 2.05) is 31.2 Å². The van der Waals surface area contributed by atoms with Crippen molar-refractivity contribution in [3.05, 3.63) is 47.5 Å². The summed E-state index contributed by atoms with van der Waals surface area (Å²) in [7, 11) is 4.82. The second-order valence-electron chi connectivity index (χ2n) is 11.0. The van der Waals surface area contributed by atoms with Crippen LogP contribution in [0.1, 0.15) is 63.1 Å². The van der Waals surface area contributed by atoms with Gasteiger partial charge in [0.25, 0.3) is 0 Å². The van der Waals surface area contributed by atoms with Gasteiger partial charge in [-0.3, -0.25) is 9.59 Å². The Hall–Kier alpha value is -3.46. The fraction of sp³-hybridized carbons (Fsp3) is 0.500. The maximum absolute atomic E-state index is 13.5. The molecule has 9 heteroatoms. The molecule has 1 aliphatic rings. The first-order chi connectivity index (χ1) is 19.7. The van der Waals surface area contributed by atoms with Gasteiger partial charge in [-0.25, -0.2) is 9.97 Å². The van der Waals surface area contributed by atoms with Crippen LogP contribution >= 0.6 is 11.3 Å². The highest BCUT2D eigenvalue weighted by Crippen LogP contribution is 2.41. The van der Waals surface area contributed by atoms with Crippen LogP contribution in [0.25, 0.3) is 21.6 Å². The number of aryl methyl sites for hydroxylation is 1. The molecule has 0 N–H and O–H groups in total. The summed E-state index contributed by atoms with van der Waals surface area (Å²) < 4.78 is 17.3. The molecule has 0 saturated heterocycles. The number of allylic oxidation sites excluding steroid dienone is 1. The molecule has 1 aliphatic carbocycles. The third-order valence-electron chi connectivity index (χ3n) is 7.86. The Labute approximate surface area is 246 Å². The standard InChI is InChI=1S/C32H41N3O5S/c1-8-9-10-11-14-35(5)31(36)23-15-21(16-24(23)32(37)39-7)40-28-17-25(30-34-26(18-41-30)19(2)3)33-29-20(4)27(38-6)13-12-22(28)29/h8,12-13,17-19,21,23-24H,1,9-11,14-16H2,2-7H3/t21-,23?,24+/m0/s1. The number of rotatable bonds is 12. The van der Waals surface area contributed by atoms with Crippen molar-refractivity contribution in [3.63, 3.8) is 0 Å². The predicted octanol–water partition coefficient (Wildman–Crippen LogP) is 6.56. The number of amides is 1. The molecule has 2 heterocycles. The summed E-state index contributed by atoms with van der Waals surface area (Å²) in [4.78, 5) is 37.8. The first-order valence-corrected chi connectivity index (χ1v) is 15.1. The summed E-state index contributed by atoms with van der Waals surface area (Å²) in [5.74, 6) is 0.213. The monoisotopic (exact) mass is 579 g/mol. The number of pyridine rings is 1. The Morgan fingerprint density at radius 2 is 1.90 bits per heavy atom. The zero-order valence-corrected chi connectivity index (χ0v) is 25.8. The van der Waals surface area contributed by atoms with Gasteiger partial charge in [-0.15, -0.1) is 17.9 Å². The number of hydrogen-bond donors (Lipinski definition) is 0. The van der Waals surface area contributed by atoms with Crippen molar-refractivity contribution in [2.75, 3.05) is 27.8 Å². The van der Waals surface area contributed by atoms with Gasteiger partial charge in [-0.2, -0.15) is 0 Å². The smallest absolute Gasteiger partial charge is 0.309 e. The number of ether oxygens (including phenoxy) is 3. The molecule has 1 saturated carbocycles. The lowest BCUT2D eigenvalue weighted by Crippen LogP contribution is -2.37. The average Bonchev–Trinajstić information content (AvgIpc) is 3.63. The van der Waals surface area contributed by atoms with Crippen LogP contribution in [0.5, 0.6) is 11.5 Å². The third kappa shape index (κ3) is 6.72. The van der Waals surface area contributed by atoms with Crippen LogP contribution in [0.2, 0.25) is 0 Å². The number of benzene rings is 1. The van der Waals surface area contributed by atoms with Gasteiger partial charge in [0.1, 0.15) is 28.3 Å². The molecule has 0 aliphatic heterocycles. The van der Waals surface area contributed by atoms with Crippen LogP contribution in [0.15, 0.2) is 36.2 Å². The second-order valence-corrected chi connectivity index (χ2v) is 11.9. The lowest BCUT2D eigenvalue weighted by atomic mass is 9.94. The molecule has 8 nitrogen and oxygen atoms in total. The Bertz CT molecular complexity index is 1400. The topological polar surface area (TPSA) is 90.9 Å². The fourth-order valence-corrected chi connectivity index (χ4v) is 6.40. The van der Waals surface area contributed by atoms with E-state index < -0.39 is 11.8 Å². The molecule has 0 bridgehead atoms. The van der Waals surface area contributed by atoms with E-state index in [0.717, 1.165) is 57.9 Å². The minimum absolute atomic E-state index is 0.0463. The summed E-state index contributed by atoms with van der Waals surface area (Å²) in [6, 6.07) is 5.78. The fourth-order valence-electron chi connectivity index (χ4n) is 5.46. The molecule has 220 valence electrons. The van der Waals surface area contributed by atoms with Gasteiger partial charge in [0.05, 0.1) is 37.3 Å². The quantitative estimate of drug-likeness (QED) is 0.136. The summed E-state index contributed by atoms with van der Waals surface area (Å²) in [6.07, 6.45) is 5.14. The van der Waals surface area contributed by atoms with Gasteiger partial charge in [-0.05, 0) is 57.1 Å². The van der Waals surface area contributed by atoms with E-state index in [-0.39, 0.29) is 18.0 Å². The number of aromatic nitrogens is 2. The van der Waals surface area contributed by atoms with Gasteiger partial charge in [0, 0.05) is 36.0 Å². The number of carbonyl (C=O) groups is 2. The predicted molar refractivity (Wildman–Crippen MR) is 163 cm³/mol. The van der Waals surface area contributed by atoms with Crippen LogP contribution in [0.4, 0.5) is 0 Å². The molecule has 2 aromatic heterocycles. The summed E-state index contributed by atoms with van der Waals surface area (Å²) >= 11 is 1.55. The summed E-state index contributed by atoms with van der Waals surface area (Å²) in [6.45, 7) is 10.6. The number of methoxy groups -OCH3 is 2. The molecule has 41 heavy (non-hydrogen) atoms. The van der Waals surface area contributed by atoms with Gasteiger partial charge in [0.2, 0.25) is 5.91 Å². The maximum Gasteiger partial charge on any atom is 0.309 e. The van der Waals surface area contributed by atoms with Crippen molar-refractivity contribution in [1.82, 2.24) is 14.9 Å². The number of fused-ring (bicyclic) bond motifs is 1. The second kappa shape index (κ2) is 13.5. The largest absolute Gasteiger partial charge is 0.496 e. The normalized spacial score (nSPS) is 18.5.